The number of nitrogens with zero attached hydrogens (tertiary/aromatic N) is 3. The Kier molecular flexibility index (Phi) is 6.22. The number of anilines is 1. The molecule has 1 aromatic carbocycles. The third kappa shape index (κ3) is 4.95. The number of carbonyl (C=O) groups excluding carboxylic acids is 1. The molecule has 0 saturated heterocycles. The summed E-state index contributed by atoms with van der Waals surface area (Å²) >= 11 is 0. The zero-order chi connectivity index (χ0) is 19.1. The van der Waals surface area contributed by atoms with Crippen molar-refractivity contribution < 1.29 is 19.7 Å². The monoisotopic (exact) mass is 370 g/mol. The minimum Gasteiger partial charge on any atom is -0.508 e. The lowest BCUT2D eigenvalue weighted by Gasteiger charge is -2.08. The van der Waals surface area contributed by atoms with Gasteiger partial charge in [-0.15, -0.1) is 0 Å². The fraction of sp³-hybridized carbons (Fsp3) is 0.316. The molecule has 0 atom stereocenters. The zero-order valence-corrected chi connectivity index (χ0v) is 14.8. The van der Waals surface area contributed by atoms with Gasteiger partial charge < -0.3 is 20.3 Å². The molecule has 27 heavy (non-hydrogen) atoms. The molecule has 3 N–H and O–H groups in total. The van der Waals surface area contributed by atoms with E-state index in [1.807, 2.05) is 6.07 Å². The quantitative estimate of drug-likeness (QED) is 0.391. The highest BCUT2D eigenvalue weighted by atomic mass is 16.5. The lowest BCUT2D eigenvalue weighted by atomic mass is 10.1. The number of aliphatic hydroxyl groups is 1. The zero-order valence-electron chi connectivity index (χ0n) is 14.8. The van der Waals surface area contributed by atoms with Crippen LogP contribution in [0.1, 0.15) is 19.3 Å². The molecule has 0 radical (unpaired) electrons. The van der Waals surface area contributed by atoms with Crippen LogP contribution in [0.15, 0.2) is 42.7 Å². The van der Waals surface area contributed by atoms with E-state index < -0.39 is 0 Å². The highest BCUT2D eigenvalue weighted by Gasteiger charge is 2.09. The number of fused-ring (bicyclic) bond motifs is 1. The van der Waals surface area contributed by atoms with Gasteiger partial charge in [-0.1, -0.05) is 12.1 Å². The van der Waals surface area contributed by atoms with Gasteiger partial charge in [0.2, 0.25) is 0 Å². The number of nitrogens with one attached hydrogen (secondary N) is 1. The Balaban J connectivity index is 1.60. The molecular formula is C19H22N4O4. The molecule has 0 aliphatic carbocycles. The number of hydrogen-bond acceptors (Lipinski definition) is 7. The second-order valence-corrected chi connectivity index (χ2v) is 6.02. The summed E-state index contributed by atoms with van der Waals surface area (Å²) < 4.78 is 6.79. The topological polar surface area (TPSA) is 109 Å². The van der Waals surface area contributed by atoms with E-state index in [9.17, 15) is 9.90 Å². The van der Waals surface area contributed by atoms with Crippen molar-refractivity contribution in [1.82, 2.24) is 14.6 Å². The Morgan fingerprint density at radius 3 is 2.96 bits per heavy atom. The van der Waals surface area contributed by atoms with Gasteiger partial charge in [-0.25, -0.2) is 9.50 Å². The van der Waals surface area contributed by atoms with E-state index >= 15 is 0 Å². The van der Waals surface area contributed by atoms with Crippen molar-refractivity contribution in [2.75, 3.05) is 25.1 Å². The molecule has 0 spiro atoms. The maximum absolute atomic E-state index is 11.5. The summed E-state index contributed by atoms with van der Waals surface area (Å²) in [6.07, 6.45) is 5.03. The van der Waals surface area contributed by atoms with E-state index in [-0.39, 0.29) is 24.9 Å². The fourth-order valence-electron chi connectivity index (χ4n) is 2.64. The van der Waals surface area contributed by atoms with Crippen LogP contribution in [0.2, 0.25) is 0 Å². The molecule has 0 amide bonds. The molecule has 3 aromatic rings. The minimum absolute atomic E-state index is 0.0855. The first kappa shape index (κ1) is 18.7. The molecule has 0 aliphatic heterocycles. The van der Waals surface area contributed by atoms with Crippen LogP contribution in [0.25, 0.3) is 16.8 Å². The molecule has 0 unspecified atom stereocenters. The molecule has 2 aromatic heterocycles. The molecule has 0 fully saturated rings. The normalized spacial score (nSPS) is 10.9. The van der Waals surface area contributed by atoms with Gasteiger partial charge in [0.15, 0.2) is 5.65 Å². The average Bonchev–Trinajstić information content (AvgIpc) is 3.09. The van der Waals surface area contributed by atoms with Crippen molar-refractivity contribution in [1.29, 1.82) is 0 Å². The van der Waals surface area contributed by atoms with Crippen LogP contribution in [0.5, 0.6) is 5.75 Å². The predicted molar refractivity (Wildman–Crippen MR) is 100 cm³/mol. The number of aromatic nitrogens is 3. The fourth-order valence-corrected chi connectivity index (χ4v) is 2.64. The molecule has 142 valence electrons. The predicted octanol–water partition coefficient (Wildman–Crippen LogP) is 2.22. The first-order valence-corrected chi connectivity index (χ1v) is 8.81. The molecular weight excluding hydrogens is 348 g/mol. The number of aliphatic hydroxyl groups excluding tert-OH is 1. The van der Waals surface area contributed by atoms with Crippen molar-refractivity contribution in [2.24, 2.45) is 0 Å². The van der Waals surface area contributed by atoms with Gasteiger partial charge in [-0.2, -0.15) is 5.10 Å². The molecule has 0 saturated carbocycles. The van der Waals surface area contributed by atoms with Gasteiger partial charge >= 0.3 is 5.97 Å². The van der Waals surface area contributed by atoms with Crippen LogP contribution in [-0.4, -0.2) is 50.5 Å². The number of rotatable bonds is 9. The van der Waals surface area contributed by atoms with Crippen LogP contribution < -0.4 is 5.32 Å². The van der Waals surface area contributed by atoms with Crippen molar-refractivity contribution in [2.45, 2.75) is 19.3 Å². The minimum atomic E-state index is -0.268. The Labute approximate surface area is 156 Å². The molecule has 0 bridgehead atoms. The summed E-state index contributed by atoms with van der Waals surface area (Å²) in [6, 6.07) is 8.71. The van der Waals surface area contributed by atoms with Gasteiger partial charge in [0.05, 0.1) is 12.7 Å². The number of carbonyl (C=O) groups is 1. The van der Waals surface area contributed by atoms with E-state index in [2.05, 4.69) is 15.4 Å². The summed E-state index contributed by atoms with van der Waals surface area (Å²) in [5.41, 5.74) is 2.29. The number of ether oxygens (including phenoxy) is 1. The smallest absolute Gasteiger partial charge is 0.305 e. The summed E-state index contributed by atoms with van der Waals surface area (Å²) in [4.78, 5) is 16.1. The van der Waals surface area contributed by atoms with Crippen LogP contribution in [0.4, 0.5) is 5.82 Å². The van der Waals surface area contributed by atoms with Gasteiger partial charge in [-0.3, -0.25) is 4.79 Å². The Morgan fingerprint density at radius 1 is 1.26 bits per heavy atom. The highest BCUT2D eigenvalue weighted by Crippen LogP contribution is 2.26. The number of benzene rings is 1. The standard InChI is InChI=1S/C19H22N4O4/c24-10-2-1-6-18(26)27-11-8-20-17-7-9-23-19(22-17)16(13-21-23)14-4-3-5-15(25)12-14/h3-5,7,9,12-13,24-25H,1-2,6,8,10-11H2,(H,20,22). The largest absolute Gasteiger partial charge is 0.508 e. The number of aromatic hydroxyl groups is 1. The van der Waals surface area contributed by atoms with Crippen LogP contribution in [-0.2, 0) is 9.53 Å². The van der Waals surface area contributed by atoms with E-state index in [0.717, 1.165) is 11.1 Å². The van der Waals surface area contributed by atoms with E-state index in [1.54, 1.807) is 41.2 Å². The molecule has 3 rings (SSSR count). The van der Waals surface area contributed by atoms with Gasteiger partial charge in [-0.05, 0) is 36.6 Å². The molecule has 0 aliphatic rings. The van der Waals surface area contributed by atoms with Crippen LogP contribution >= 0.6 is 0 Å². The van der Waals surface area contributed by atoms with Gasteiger partial charge in [0.25, 0.3) is 0 Å². The Hall–Kier alpha value is -3.13. The lowest BCUT2D eigenvalue weighted by molar-refractivity contribution is -0.143. The summed E-state index contributed by atoms with van der Waals surface area (Å²) in [5.74, 6) is 0.554. The van der Waals surface area contributed by atoms with Gasteiger partial charge in [0, 0.05) is 24.8 Å². The Morgan fingerprint density at radius 2 is 2.15 bits per heavy atom. The number of phenolic OH excluding ortho intramolecular Hbond substituents is 1. The van der Waals surface area contributed by atoms with Crippen molar-refractivity contribution in [3.63, 3.8) is 0 Å². The third-order valence-electron chi connectivity index (χ3n) is 3.99. The van der Waals surface area contributed by atoms with Crippen molar-refractivity contribution >= 4 is 17.4 Å². The van der Waals surface area contributed by atoms with Crippen molar-refractivity contribution in [3.05, 3.63) is 42.7 Å². The number of hydrogen-bond donors (Lipinski definition) is 3. The second kappa shape index (κ2) is 9.00. The third-order valence-corrected chi connectivity index (χ3v) is 3.99. The van der Waals surface area contributed by atoms with Crippen molar-refractivity contribution in [3.8, 4) is 16.9 Å². The maximum Gasteiger partial charge on any atom is 0.305 e. The number of esters is 1. The first-order valence-electron chi connectivity index (χ1n) is 8.81. The summed E-state index contributed by atoms with van der Waals surface area (Å²) in [7, 11) is 0. The summed E-state index contributed by atoms with van der Waals surface area (Å²) in [5, 5.41) is 25.8. The van der Waals surface area contributed by atoms with E-state index in [0.29, 0.717) is 37.3 Å². The maximum atomic E-state index is 11.5. The molecule has 8 nitrogen and oxygen atoms in total. The van der Waals surface area contributed by atoms with Crippen LogP contribution in [0.3, 0.4) is 0 Å². The number of phenols is 1. The summed E-state index contributed by atoms with van der Waals surface area (Å²) in [6.45, 7) is 0.760. The number of unbranched alkanes of at least 4 members (excludes halogenated alkanes) is 1. The first-order chi connectivity index (χ1) is 13.2. The van der Waals surface area contributed by atoms with Crippen LogP contribution in [0, 0.1) is 0 Å². The SMILES string of the molecule is O=C(CCCCO)OCCNc1ccn2ncc(-c3cccc(O)c3)c2n1. The lowest BCUT2D eigenvalue weighted by Crippen LogP contribution is -2.14. The second-order valence-electron chi connectivity index (χ2n) is 6.02. The van der Waals surface area contributed by atoms with E-state index in [4.69, 9.17) is 9.84 Å². The Bertz CT molecular complexity index is 910. The van der Waals surface area contributed by atoms with Gasteiger partial charge in [0.1, 0.15) is 18.2 Å². The highest BCUT2D eigenvalue weighted by molar-refractivity contribution is 5.78. The molecule has 2 heterocycles. The molecule has 8 heteroatoms. The average molecular weight is 370 g/mol. The van der Waals surface area contributed by atoms with E-state index in [1.165, 1.54) is 0 Å².